The van der Waals surface area contributed by atoms with Crippen molar-refractivity contribution >= 4 is 23.6 Å². The van der Waals surface area contributed by atoms with E-state index in [1.54, 1.807) is 6.26 Å². The number of para-hydroxylation sites is 1. The van der Waals surface area contributed by atoms with Crippen molar-refractivity contribution < 1.29 is 4.42 Å². The van der Waals surface area contributed by atoms with Crippen LogP contribution < -0.4 is 5.73 Å². The van der Waals surface area contributed by atoms with Crippen LogP contribution in [0.3, 0.4) is 0 Å². The molecule has 3 heteroatoms. The Bertz CT molecular complexity index is 410. The van der Waals surface area contributed by atoms with Crippen molar-refractivity contribution in [1.29, 1.82) is 0 Å². The van der Waals surface area contributed by atoms with Gasteiger partial charge in [0.15, 0.2) is 0 Å². The summed E-state index contributed by atoms with van der Waals surface area (Å²) in [6, 6.07) is 7.82. The zero-order chi connectivity index (χ0) is 9.26. The van der Waals surface area contributed by atoms with E-state index in [0.29, 0.717) is 5.75 Å². The molecule has 68 valence electrons. The summed E-state index contributed by atoms with van der Waals surface area (Å²) in [6.07, 6.45) is 1.71. The highest BCUT2D eigenvalue weighted by atomic mass is 32.1. The fourth-order valence-electron chi connectivity index (χ4n) is 1.38. The lowest BCUT2D eigenvalue weighted by Crippen LogP contribution is -2.10. The van der Waals surface area contributed by atoms with Gasteiger partial charge in [0.1, 0.15) is 5.58 Å². The van der Waals surface area contributed by atoms with Gasteiger partial charge in [0.05, 0.1) is 6.26 Å². The molecule has 1 atom stereocenters. The average Bonchev–Trinajstić information content (AvgIpc) is 2.60. The van der Waals surface area contributed by atoms with Crippen LogP contribution in [0.5, 0.6) is 0 Å². The van der Waals surface area contributed by atoms with Gasteiger partial charge in [0, 0.05) is 22.7 Å². The molecule has 0 saturated heterocycles. The summed E-state index contributed by atoms with van der Waals surface area (Å²) < 4.78 is 5.36. The van der Waals surface area contributed by atoms with E-state index in [9.17, 15) is 0 Å². The predicted molar refractivity (Wildman–Crippen MR) is 57.0 cm³/mol. The minimum atomic E-state index is -0.0491. The van der Waals surface area contributed by atoms with E-state index in [1.165, 1.54) is 0 Å². The lowest BCUT2D eigenvalue weighted by Gasteiger charge is -2.04. The number of hydrogen-bond donors (Lipinski definition) is 2. The molecule has 0 saturated carbocycles. The summed E-state index contributed by atoms with van der Waals surface area (Å²) in [7, 11) is 0. The molecule has 2 nitrogen and oxygen atoms in total. The van der Waals surface area contributed by atoms with Crippen LogP contribution in [-0.2, 0) is 0 Å². The van der Waals surface area contributed by atoms with Gasteiger partial charge in [-0.05, 0) is 6.07 Å². The van der Waals surface area contributed by atoms with Crippen LogP contribution in [0, 0.1) is 0 Å². The molecule has 1 aromatic carbocycles. The van der Waals surface area contributed by atoms with Gasteiger partial charge in [0.2, 0.25) is 0 Å². The van der Waals surface area contributed by atoms with Crippen LogP contribution in [0.4, 0.5) is 0 Å². The molecule has 0 radical (unpaired) electrons. The fraction of sp³-hybridized carbons (Fsp3) is 0.200. The molecule has 1 unspecified atom stereocenters. The number of hydrogen-bond acceptors (Lipinski definition) is 3. The number of benzene rings is 1. The maximum absolute atomic E-state index is 5.87. The van der Waals surface area contributed by atoms with Gasteiger partial charge in [-0.15, -0.1) is 0 Å². The van der Waals surface area contributed by atoms with Gasteiger partial charge in [0.25, 0.3) is 0 Å². The van der Waals surface area contributed by atoms with E-state index in [2.05, 4.69) is 12.6 Å². The molecular formula is C10H11NOS. The zero-order valence-electron chi connectivity index (χ0n) is 7.10. The molecule has 0 fully saturated rings. The van der Waals surface area contributed by atoms with Crippen molar-refractivity contribution in [2.24, 2.45) is 5.73 Å². The average molecular weight is 193 g/mol. The lowest BCUT2D eigenvalue weighted by atomic mass is 10.1. The Morgan fingerprint density at radius 2 is 2.15 bits per heavy atom. The number of furan rings is 1. The van der Waals surface area contributed by atoms with Gasteiger partial charge >= 0.3 is 0 Å². The smallest absolute Gasteiger partial charge is 0.134 e. The highest BCUT2D eigenvalue weighted by molar-refractivity contribution is 7.80. The SMILES string of the molecule is NC(CS)c1coc2ccccc12. The fourth-order valence-corrected chi connectivity index (χ4v) is 1.58. The van der Waals surface area contributed by atoms with E-state index in [4.69, 9.17) is 10.2 Å². The van der Waals surface area contributed by atoms with Crippen LogP contribution in [0.1, 0.15) is 11.6 Å². The number of rotatable bonds is 2. The second-order valence-corrected chi connectivity index (χ2v) is 3.34. The van der Waals surface area contributed by atoms with Crippen LogP contribution in [-0.4, -0.2) is 5.75 Å². The topological polar surface area (TPSA) is 39.2 Å². The first-order valence-corrected chi connectivity index (χ1v) is 4.78. The van der Waals surface area contributed by atoms with Gasteiger partial charge in [-0.2, -0.15) is 12.6 Å². The third kappa shape index (κ3) is 1.45. The van der Waals surface area contributed by atoms with Crippen LogP contribution >= 0.6 is 12.6 Å². The largest absolute Gasteiger partial charge is 0.464 e. The molecule has 2 aromatic rings. The van der Waals surface area contributed by atoms with Crippen LogP contribution in [0.25, 0.3) is 11.0 Å². The minimum absolute atomic E-state index is 0.0491. The standard InChI is InChI=1S/C10H11NOS/c11-9(6-13)8-5-12-10-4-2-1-3-7(8)10/h1-5,9,13H,6,11H2. The van der Waals surface area contributed by atoms with E-state index >= 15 is 0 Å². The molecule has 0 aliphatic heterocycles. The quantitative estimate of drug-likeness (QED) is 0.719. The Kier molecular flexibility index (Phi) is 2.29. The molecule has 0 aliphatic carbocycles. The molecule has 1 aromatic heterocycles. The monoisotopic (exact) mass is 193 g/mol. The summed E-state index contributed by atoms with van der Waals surface area (Å²) in [5.74, 6) is 0.628. The Morgan fingerprint density at radius 3 is 2.92 bits per heavy atom. The van der Waals surface area contributed by atoms with E-state index in [0.717, 1.165) is 16.5 Å². The number of thiol groups is 1. The second-order valence-electron chi connectivity index (χ2n) is 2.98. The summed E-state index contributed by atoms with van der Waals surface area (Å²) in [4.78, 5) is 0. The van der Waals surface area contributed by atoms with Crippen molar-refractivity contribution in [3.05, 3.63) is 36.1 Å². The van der Waals surface area contributed by atoms with E-state index < -0.39 is 0 Å². The maximum Gasteiger partial charge on any atom is 0.134 e. The number of fused-ring (bicyclic) bond motifs is 1. The summed E-state index contributed by atoms with van der Waals surface area (Å²) >= 11 is 4.16. The van der Waals surface area contributed by atoms with Crippen molar-refractivity contribution in [2.75, 3.05) is 5.75 Å². The normalized spacial score (nSPS) is 13.4. The minimum Gasteiger partial charge on any atom is -0.464 e. The predicted octanol–water partition coefficient (Wildman–Crippen LogP) is 2.36. The summed E-state index contributed by atoms with van der Waals surface area (Å²) in [6.45, 7) is 0. The molecule has 0 bridgehead atoms. The Labute approximate surface area is 82.1 Å². The van der Waals surface area contributed by atoms with Gasteiger partial charge in [-0.25, -0.2) is 0 Å². The van der Waals surface area contributed by atoms with Gasteiger partial charge < -0.3 is 10.2 Å². The molecule has 2 N–H and O–H groups in total. The lowest BCUT2D eigenvalue weighted by molar-refractivity contribution is 0.605. The first-order valence-electron chi connectivity index (χ1n) is 4.15. The van der Waals surface area contributed by atoms with Crippen molar-refractivity contribution in [3.8, 4) is 0 Å². The van der Waals surface area contributed by atoms with Gasteiger partial charge in [-0.1, -0.05) is 18.2 Å². The van der Waals surface area contributed by atoms with Crippen molar-refractivity contribution in [2.45, 2.75) is 6.04 Å². The summed E-state index contributed by atoms with van der Waals surface area (Å²) in [5, 5.41) is 1.09. The molecule has 13 heavy (non-hydrogen) atoms. The molecular weight excluding hydrogens is 182 g/mol. The first-order chi connectivity index (χ1) is 6.33. The third-order valence-electron chi connectivity index (χ3n) is 2.11. The highest BCUT2D eigenvalue weighted by Crippen LogP contribution is 2.25. The third-order valence-corrected chi connectivity index (χ3v) is 2.50. The zero-order valence-corrected chi connectivity index (χ0v) is 8.00. The highest BCUT2D eigenvalue weighted by Gasteiger charge is 2.10. The second kappa shape index (κ2) is 3.44. The van der Waals surface area contributed by atoms with Crippen molar-refractivity contribution in [3.63, 3.8) is 0 Å². The first kappa shape index (κ1) is 8.66. The summed E-state index contributed by atoms with van der Waals surface area (Å²) in [5.41, 5.74) is 7.79. The molecule has 2 rings (SSSR count). The molecule has 0 spiro atoms. The Hall–Kier alpha value is -0.930. The Balaban J connectivity index is 2.57. The van der Waals surface area contributed by atoms with Crippen LogP contribution in [0.15, 0.2) is 34.9 Å². The number of nitrogens with two attached hydrogens (primary N) is 1. The Morgan fingerprint density at radius 1 is 1.38 bits per heavy atom. The van der Waals surface area contributed by atoms with Crippen LogP contribution in [0.2, 0.25) is 0 Å². The van der Waals surface area contributed by atoms with E-state index in [-0.39, 0.29) is 6.04 Å². The molecule has 0 amide bonds. The van der Waals surface area contributed by atoms with Crippen molar-refractivity contribution in [1.82, 2.24) is 0 Å². The maximum atomic E-state index is 5.87. The molecule has 1 heterocycles. The molecule has 0 aliphatic rings. The van der Waals surface area contributed by atoms with Gasteiger partial charge in [-0.3, -0.25) is 0 Å². The van der Waals surface area contributed by atoms with E-state index in [1.807, 2.05) is 24.3 Å².